The number of carbonyl (C=O) groups excluding carboxylic acids is 2. The smallest absolute Gasteiger partial charge is 0.243 e. The molecule has 0 radical (unpaired) electrons. The van der Waals surface area contributed by atoms with Gasteiger partial charge in [0.1, 0.15) is 6.04 Å². The van der Waals surface area contributed by atoms with E-state index < -0.39 is 16.1 Å². The molecule has 4 rings (SSSR count). The Morgan fingerprint density at radius 3 is 2.44 bits per heavy atom. The maximum absolute atomic E-state index is 13.1. The number of piperidine rings is 1. The first-order valence-corrected chi connectivity index (χ1v) is 12.6. The summed E-state index contributed by atoms with van der Waals surface area (Å²) in [5.74, 6) is -0.466. The molecule has 2 aromatic rings. The van der Waals surface area contributed by atoms with Gasteiger partial charge in [0.25, 0.3) is 0 Å². The Kier molecular flexibility index (Phi) is 6.62. The highest BCUT2D eigenvalue weighted by Gasteiger charge is 2.38. The van der Waals surface area contributed by atoms with Gasteiger partial charge in [0.15, 0.2) is 0 Å². The minimum atomic E-state index is -3.57. The minimum Gasteiger partial charge on any atom is -0.354 e. The van der Waals surface area contributed by atoms with Crippen LogP contribution in [-0.2, 0) is 32.5 Å². The number of fused-ring (bicyclic) bond motifs is 1. The average molecular weight is 456 g/mol. The van der Waals surface area contributed by atoms with Crippen molar-refractivity contribution < 1.29 is 18.0 Å². The molecule has 2 aliphatic rings. The third kappa shape index (κ3) is 4.56. The van der Waals surface area contributed by atoms with E-state index in [1.807, 2.05) is 30.3 Å². The zero-order valence-electron chi connectivity index (χ0n) is 18.3. The Hall–Kier alpha value is -2.71. The molecule has 2 amide bonds. The van der Waals surface area contributed by atoms with Crippen molar-refractivity contribution in [3.05, 3.63) is 59.7 Å². The van der Waals surface area contributed by atoms with E-state index >= 15 is 0 Å². The van der Waals surface area contributed by atoms with Gasteiger partial charge in [-0.05, 0) is 48.6 Å². The molecule has 0 spiro atoms. The van der Waals surface area contributed by atoms with Crippen LogP contribution in [0.1, 0.15) is 37.3 Å². The van der Waals surface area contributed by atoms with Crippen molar-refractivity contribution in [1.29, 1.82) is 0 Å². The summed E-state index contributed by atoms with van der Waals surface area (Å²) in [5, 5.41) is 2.93. The Labute approximate surface area is 189 Å². The van der Waals surface area contributed by atoms with E-state index in [1.165, 1.54) is 16.1 Å². The van der Waals surface area contributed by atoms with E-state index in [0.717, 1.165) is 24.8 Å². The highest BCUT2D eigenvalue weighted by Crippen LogP contribution is 2.35. The van der Waals surface area contributed by atoms with Crippen LogP contribution < -0.4 is 10.2 Å². The number of carbonyl (C=O) groups is 2. The van der Waals surface area contributed by atoms with Crippen LogP contribution >= 0.6 is 0 Å². The number of amides is 2. The molecule has 7 nitrogen and oxygen atoms in total. The fourth-order valence-corrected chi connectivity index (χ4v) is 6.10. The second-order valence-corrected chi connectivity index (χ2v) is 10.3. The molecule has 1 unspecified atom stereocenters. The maximum atomic E-state index is 13.1. The predicted octanol–water partition coefficient (Wildman–Crippen LogP) is 2.50. The molecule has 2 aromatic carbocycles. The van der Waals surface area contributed by atoms with E-state index in [0.29, 0.717) is 43.7 Å². The lowest BCUT2D eigenvalue weighted by molar-refractivity contribution is -0.125. The summed E-state index contributed by atoms with van der Waals surface area (Å²) in [6.07, 6.45) is 3.78. The topological polar surface area (TPSA) is 86.8 Å². The number of rotatable bonds is 6. The maximum Gasteiger partial charge on any atom is 0.243 e. The molecule has 8 heteroatoms. The normalized spacial score (nSPS) is 18.9. The first-order valence-electron chi connectivity index (χ1n) is 11.1. The van der Waals surface area contributed by atoms with Gasteiger partial charge in [-0.2, -0.15) is 4.31 Å². The number of sulfonamides is 1. The second-order valence-electron chi connectivity index (χ2n) is 8.39. The molecule has 0 saturated carbocycles. The van der Waals surface area contributed by atoms with Crippen molar-refractivity contribution in [3.8, 4) is 0 Å². The van der Waals surface area contributed by atoms with Crippen molar-refractivity contribution >= 4 is 27.5 Å². The van der Waals surface area contributed by atoms with Gasteiger partial charge < -0.3 is 5.32 Å². The van der Waals surface area contributed by atoms with Gasteiger partial charge in [-0.1, -0.05) is 36.8 Å². The fourth-order valence-electron chi connectivity index (χ4n) is 4.53. The number of nitrogens with one attached hydrogen (secondary N) is 1. The van der Waals surface area contributed by atoms with Gasteiger partial charge in [-0.3, -0.25) is 14.5 Å². The number of benzene rings is 2. The van der Waals surface area contributed by atoms with E-state index in [-0.39, 0.29) is 16.7 Å². The SMILES string of the molecule is CC(=O)N1c2ccc(S(=O)(=O)N3CCCCC3)cc2CC1C(=O)NCCc1ccccc1. The summed E-state index contributed by atoms with van der Waals surface area (Å²) in [7, 11) is -3.57. The van der Waals surface area contributed by atoms with Crippen LogP contribution in [0.5, 0.6) is 0 Å². The minimum absolute atomic E-state index is 0.229. The molecule has 32 heavy (non-hydrogen) atoms. The van der Waals surface area contributed by atoms with Crippen LogP contribution in [0.3, 0.4) is 0 Å². The van der Waals surface area contributed by atoms with Gasteiger partial charge in [0.05, 0.1) is 4.90 Å². The zero-order valence-corrected chi connectivity index (χ0v) is 19.1. The number of nitrogens with zero attached hydrogens (tertiary/aromatic N) is 2. The van der Waals surface area contributed by atoms with Crippen molar-refractivity contribution in [1.82, 2.24) is 9.62 Å². The lowest BCUT2D eigenvalue weighted by Crippen LogP contribution is -2.47. The molecular formula is C24H29N3O4S. The molecule has 0 aromatic heterocycles. The molecule has 1 atom stereocenters. The number of hydrogen-bond donors (Lipinski definition) is 1. The summed E-state index contributed by atoms with van der Waals surface area (Å²) >= 11 is 0. The molecule has 170 valence electrons. The molecule has 2 aliphatic heterocycles. The van der Waals surface area contributed by atoms with Crippen molar-refractivity contribution in [2.24, 2.45) is 0 Å². The average Bonchev–Trinajstić information content (AvgIpc) is 3.19. The fraction of sp³-hybridized carbons (Fsp3) is 0.417. The largest absolute Gasteiger partial charge is 0.354 e. The standard InChI is InChI=1S/C24H29N3O4S/c1-18(28)27-22-11-10-21(32(30,31)26-14-6-3-7-15-26)16-20(22)17-23(27)24(29)25-13-12-19-8-4-2-5-9-19/h2,4-5,8-11,16,23H,3,6-7,12-15,17H2,1H3,(H,25,29). The number of anilines is 1. The Balaban J connectivity index is 1.50. The monoisotopic (exact) mass is 455 g/mol. The highest BCUT2D eigenvalue weighted by molar-refractivity contribution is 7.89. The van der Waals surface area contributed by atoms with Crippen LogP contribution in [0.4, 0.5) is 5.69 Å². The van der Waals surface area contributed by atoms with Crippen molar-refractivity contribution in [2.45, 2.75) is 50.0 Å². The quantitative estimate of drug-likeness (QED) is 0.725. The Morgan fingerprint density at radius 2 is 1.75 bits per heavy atom. The highest BCUT2D eigenvalue weighted by atomic mass is 32.2. The molecule has 1 fully saturated rings. The lowest BCUT2D eigenvalue weighted by atomic mass is 10.1. The van der Waals surface area contributed by atoms with Crippen LogP contribution in [0.15, 0.2) is 53.4 Å². The van der Waals surface area contributed by atoms with Gasteiger partial charge in [-0.25, -0.2) is 8.42 Å². The third-order valence-electron chi connectivity index (χ3n) is 6.19. The summed E-state index contributed by atoms with van der Waals surface area (Å²) in [5.41, 5.74) is 2.44. The van der Waals surface area contributed by atoms with Crippen molar-refractivity contribution in [3.63, 3.8) is 0 Å². The second kappa shape index (κ2) is 9.42. The molecule has 0 bridgehead atoms. The Bertz CT molecular complexity index is 1100. The molecule has 0 aliphatic carbocycles. The van der Waals surface area contributed by atoms with Crippen LogP contribution in [0.2, 0.25) is 0 Å². The third-order valence-corrected chi connectivity index (χ3v) is 8.08. The summed E-state index contributed by atoms with van der Waals surface area (Å²) < 4.78 is 27.7. The van der Waals surface area contributed by atoms with E-state index in [1.54, 1.807) is 18.2 Å². The van der Waals surface area contributed by atoms with E-state index in [9.17, 15) is 18.0 Å². The summed E-state index contributed by atoms with van der Waals surface area (Å²) in [4.78, 5) is 27.0. The molecular weight excluding hydrogens is 426 g/mol. The summed E-state index contributed by atoms with van der Waals surface area (Å²) in [6.45, 7) is 2.96. The first kappa shape index (κ1) is 22.5. The van der Waals surface area contributed by atoms with E-state index in [4.69, 9.17) is 0 Å². The van der Waals surface area contributed by atoms with Crippen LogP contribution in [-0.4, -0.2) is 50.2 Å². The van der Waals surface area contributed by atoms with Gasteiger partial charge in [-0.15, -0.1) is 0 Å². The first-order chi connectivity index (χ1) is 15.4. The zero-order chi connectivity index (χ0) is 22.7. The lowest BCUT2D eigenvalue weighted by Gasteiger charge is -2.26. The van der Waals surface area contributed by atoms with Gasteiger partial charge >= 0.3 is 0 Å². The van der Waals surface area contributed by atoms with Crippen LogP contribution in [0.25, 0.3) is 0 Å². The molecule has 1 saturated heterocycles. The molecule has 2 heterocycles. The van der Waals surface area contributed by atoms with E-state index in [2.05, 4.69) is 5.32 Å². The van der Waals surface area contributed by atoms with Gasteiger partial charge in [0, 0.05) is 38.7 Å². The van der Waals surface area contributed by atoms with Crippen molar-refractivity contribution in [2.75, 3.05) is 24.5 Å². The van der Waals surface area contributed by atoms with Gasteiger partial charge in [0.2, 0.25) is 21.8 Å². The predicted molar refractivity (Wildman–Crippen MR) is 123 cm³/mol. The van der Waals surface area contributed by atoms with Crippen LogP contribution in [0, 0.1) is 0 Å². The Morgan fingerprint density at radius 1 is 1.03 bits per heavy atom. The number of hydrogen-bond acceptors (Lipinski definition) is 4. The molecule has 1 N–H and O–H groups in total. The summed E-state index contributed by atoms with van der Waals surface area (Å²) in [6, 6.07) is 14.0.